The second-order valence-corrected chi connectivity index (χ2v) is 6.54. The van der Waals surface area contributed by atoms with Crippen LogP contribution in [0.15, 0.2) is 30.3 Å². The molecule has 1 aliphatic rings. The molecule has 0 saturated carbocycles. The molecule has 3 N–H and O–H groups in total. The maximum Gasteiger partial charge on any atom is 1.00 e. The molecule has 1 fully saturated rings. The fourth-order valence-corrected chi connectivity index (χ4v) is 2.78. The van der Waals surface area contributed by atoms with E-state index in [0.717, 1.165) is 31.2 Å². The molecule has 1 heterocycles. The molecule has 142 valence electrons. The Kier molecular flexibility index (Phi) is 10.6. The Balaban J connectivity index is 0.00000364. The minimum atomic E-state index is -1.31. The van der Waals surface area contributed by atoms with Crippen molar-refractivity contribution in [2.24, 2.45) is 0 Å². The van der Waals surface area contributed by atoms with Crippen molar-refractivity contribution >= 4 is 17.8 Å². The van der Waals surface area contributed by atoms with E-state index in [4.69, 9.17) is 0 Å². The van der Waals surface area contributed by atoms with Gasteiger partial charge in [0, 0.05) is 13.0 Å². The number of unbranched alkanes of at least 4 members (excludes halogenated alkanes) is 3. The van der Waals surface area contributed by atoms with Crippen LogP contribution >= 0.6 is 0 Å². The second kappa shape index (κ2) is 12.1. The SMILES string of the molecule is CCCCCCNC(=O)[C@H](Cc1ccccc1)NC(=O)[C@H]1N[C@@H]1C(=O)[O-].[Na+]. The van der Waals surface area contributed by atoms with Gasteiger partial charge >= 0.3 is 29.6 Å². The van der Waals surface area contributed by atoms with Crippen LogP contribution in [-0.4, -0.2) is 42.5 Å². The Morgan fingerprint density at radius 3 is 2.41 bits per heavy atom. The molecule has 2 rings (SSSR count). The van der Waals surface area contributed by atoms with Gasteiger partial charge in [0.2, 0.25) is 11.8 Å². The fraction of sp³-hybridized carbons (Fsp3) is 0.526. The number of carboxylic acid groups (broad SMARTS) is 1. The summed E-state index contributed by atoms with van der Waals surface area (Å²) in [6, 6.07) is 6.81. The third-order valence-electron chi connectivity index (χ3n) is 4.36. The summed E-state index contributed by atoms with van der Waals surface area (Å²) in [5.41, 5.74) is 0.916. The average Bonchev–Trinajstić information content (AvgIpc) is 3.43. The van der Waals surface area contributed by atoms with Gasteiger partial charge in [-0.1, -0.05) is 56.5 Å². The third-order valence-corrected chi connectivity index (χ3v) is 4.36. The Morgan fingerprint density at radius 2 is 1.81 bits per heavy atom. The molecular weight excluding hydrogens is 357 g/mol. The quantitative estimate of drug-likeness (QED) is 0.208. The number of carboxylic acids is 1. The molecule has 1 aromatic rings. The van der Waals surface area contributed by atoms with E-state index in [1.165, 1.54) is 0 Å². The minimum Gasteiger partial charge on any atom is -0.548 e. The molecule has 7 nitrogen and oxygen atoms in total. The molecule has 0 unspecified atom stereocenters. The number of benzene rings is 1. The van der Waals surface area contributed by atoms with Gasteiger partial charge in [-0.2, -0.15) is 0 Å². The summed E-state index contributed by atoms with van der Waals surface area (Å²) in [6.45, 7) is 2.68. The maximum absolute atomic E-state index is 12.5. The fourth-order valence-electron chi connectivity index (χ4n) is 2.78. The molecule has 1 saturated heterocycles. The zero-order valence-corrected chi connectivity index (χ0v) is 18.0. The summed E-state index contributed by atoms with van der Waals surface area (Å²) in [4.78, 5) is 35.5. The third kappa shape index (κ3) is 8.01. The van der Waals surface area contributed by atoms with Crippen molar-refractivity contribution in [3.05, 3.63) is 35.9 Å². The van der Waals surface area contributed by atoms with Gasteiger partial charge in [-0.15, -0.1) is 0 Å². The molecule has 0 aromatic heterocycles. The topological polar surface area (TPSA) is 120 Å². The number of amides is 2. The predicted octanol–water partition coefficient (Wildman–Crippen LogP) is -3.50. The Bertz CT molecular complexity index is 627. The summed E-state index contributed by atoms with van der Waals surface area (Å²) < 4.78 is 0. The van der Waals surface area contributed by atoms with Gasteiger partial charge in [-0.25, -0.2) is 0 Å². The van der Waals surface area contributed by atoms with Crippen LogP contribution in [-0.2, 0) is 20.8 Å². The van der Waals surface area contributed by atoms with Crippen LogP contribution in [0.25, 0.3) is 0 Å². The normalized spacial score (nSPS) is 18.7. The summed E-state index contributed by atoms with van der Waals surface area (Å²) in [5, 5.41) is 18.8. The van der Waals surface area contributed by atoms with Crippen molar-refractivity contribution in [3.8, 4) is 0 Å². The molecule has 2 amide bonds. The largest absolute Gasteiger partial charge is 1.00 e. The van der Waals surface area contributed by atoms with Crippen molar-refractivity contribution in [2.75, 3.05) is 6.54 Å². The molecule has 8 heteroatoms. The van der Waals surface area contributed by atoms with E-state index in [0.29, 0.717) is 13.0 Å². The van der Waals surface area contributed by atoms with Crippen LogP contribution in [0.1, 0.15) is 38.2 Å². The maximum atomic E-state index is 12.5. The summed E-state index contributed by atoms with van der Waals surface area (Å²) in [7, 11) is 0. The van der Waals surface area contributed by atoms with E-state index in [-0.39, 0.29) is 35.5 Å². The van der Waals surface area contributed by atoms with Gasteiger partial charge < -0.3 is 20.5 Å². The van der Waals surface area contributed by atoms with Gasteiger partial charge in [0.15, 0.2) is 0 Å². The van der Waals surface area contributed by atoms with Crippen molar-refractivity contribution in [1.29, 1.82) is 0 Å². The zero-order valence-electron chi connectivity index (χ0n) is 16.0. The van der Waals surface area contributed by atoms with Gasteiger partial charge in [0.25, 0.3) is 0 Å². The number of rotatable bonds is 11. The Morgan fingerprint density at radius 1 is 1.11 bits per heavy atom. The predicted molar refractivity (Wildman–Crippen MR) is 94.9 cm³/mol. The monoisotopic (exact) mass is 383 g/mol. The number of aliphatic carboxylic acids is 1. The first-order valence-corrected chi connectivity index (χ1v) is 9.12. The summed E-state index contributed by atoms with van der Waals surface area (Å²) in [6.07, 6.45) is 4.52. The first kappa shape index (κ1) is 23.6. The molecule has 1 aliphatic heterocycles. The number of hydrogen-bond donors (Lipinski definition) is 3. The number of carbonyl (C=O) groups is 3. The van der Waals surface area contributed by atoms with Crippen molar-refractivity contribution in [3.63, 3.8) is 0 Å². The Hall–Kier alpha value is -1.41. The standard InChI is InChI=1S/C19H27N3O4.Na/c1-2-3-4-8-11-20-17(23)14(12-13-9-6-5-7-10-13)21-18(24)15-16(22-15)19(25)26;/h5-7,9-10,14-16,22H,2-4,8,11-12H2,1H3,(H,20,23)(H,21,24)(H,25,26);/q;+1/p-1/t14-,15-,16-;/m0./s1. The number of nitrogens with one attached hydrogen (secondary N) is 3. The van der Waals surface area contributed by atoms with Crippen LogP contribution in [0.2, 0.25) is 0 Å². The molecule has 3 atom stereocenters. The van der Waals surface area contributed by atoms with Crippen LogP contribution in [0.4, 0.5) is 0 Å². The minimum absolute atomic E-state index is 0. The van der Waals surface area contributed by atoms with Crippen LogP contribution < -0.4 is 50.6 Å². The molecular formula is C19H26N3NaO4. The van der Waals surface area contributed by atoms with Crippen molar-refractivity contribution in [1.82, 2.24) is 16.0 Å². The summed E-state index contributed by atoms with van der Waals surface area (Å²) >= 11 is 0. The number of carbonyl (C=O) groups excluding carboxylic acids is 3. The molecule has 0 aliphatic carbocycles. The zero-order chi connectivity index (χ0) is 18.9. The van der Waals surface area contributed by atoms with Gasteiger partial charge in [-0.3, -0.25) is 14.9 Å². The second-order valence-electron chi connectivity index (χ2n) is 6.54. The molecule has 0 radical (unpaired) electrons. The van der Waals surface area contributed by atoms with Crippen molar-refractivity contribution in [2.45, 2.75) is 57.2 Å². The van der Waals surface area contributed by atoms with Crippen molar-refractivity contribution < 1.29 is 49.0 Å². The first-order chi connectivity index (χ1) is 12.5. The van der Waals surface area contributed by atoms with Gasteiger partial charge in [-0.05, 0) is 12.0 Å². The number of hydrogen-bond acceptors (Lipinski definition) is 5. The average molecular weight is 383 g/mol. The molecule has 1 aromatic carbocycles. The van der Waals surface area contributed by atoms with Crippen LogP contribution in [0, 0.1) is 0 Å². The van der Waals surface area contributed by atoms with E-state index in [1.807, 2.05) is 30.3 Å². The summed E-state index contributed by atoms with van der Waals surface area (Å²) in [5.74, 6) is -2.07. The van der Waals surface area contributed by atoms with E-state index in [9.17, 15) is 19.5 Å². The molecule has 0 bridgehead atoms. The Labute approximate surface area is 182 Å². The van der Waals surface area contributed by atoms with Crippen LogP contribution in [0.5, 0.6) is 0 Å². The van der Waals surface area contributed by atoms with Gasteiger partial charge in [0.05, 0.1) is 12.0 Å². The van der Waals surface area contributed by atoms with E-state index >= 15 is 0 Å². The smallest absolute Gasteiger partial charge is 0.548 e. The van der Waals surface area contributed by atoms with Crippen LogP contribution in [0.3, 0.4) is 0 Å². The van der Waals surface area contributed by atoms with E-state index in [2.05, 4.69) is 22.9 Å². The molecule has 27 heavy (non-hydrogen) atoms. The van der Waals surface area contributed by atoms with Gasteiger partial charge in [0.1, 0.15) is 12.1 Å². The first-order valence-electron chi connectivity index (χ1n) is 9.12. The molecule has 0 spiro atoms. The van der Waals surface area contributed by atoms with E-state index < -0.39 is 30.0 Å². The van der Waals surface area contributed by atoms with E-state index in [1.54, 1.807) is 0 Å².